The Bertz CT molecular complexity index is 827. The second-order valence-corrected chi connectivity index (χ2v) is 6.29. The van der Waals surface area contributed by atoms with Crippen molar-refractivity contribution < 1.29 is 23.1 Å². The molecule has 1 fully saturated rings. The van der Waals surface area contributed by atoms with Crippen molar-refractivity contribution in [1.29, 1.82) is 0 Å². The quantitative estimate of drug-likeness (QED) is 0.900. The third-order valence-electron chi connectivity index (χ3n) is 4.61. The first kappa shape index (κ1) is 18.1. The summed E-state index contributed by atoms with van der Waals surface area (Å²) in [5.74, 6) is -4.30. The highest BCUT2D eigenvalue weighted by Gasteiger charge is 2.53. The van der Waals surface area contributed by atoms with Crippen molar-refractivity contribution in [2.24, 2.45) is 11.8 Å². The molecule has 2 aromatic heterocycles. The van der Waals surface area contributed by atoms with Gasteiger partial charge in [0.2, 0.25) is 0 Å². The van der Waals surface area contributed by atoms with Gasteiger partial charge in [-0.05, 0) is 26.0 Å². The highest BCUT2D eigenvalue weighted by Crippen LogP contribution is 2.40. The predicted octanol–water partition coefficient (Wildman–Crippen LogP) is 2.85. The Morgan fingerprint density at radius 2 is 1.96 bits per heavy atom. The summed E-state index contributed by atoms with van der Waals surface area (Å²) in [7, 11) is 0. The number of aryl methyl sites for hydroxylation is 1. The van der Waals surface area contributed by atoms with Gasteiger partial charge >= 0.3 is 12.1 Å². The highest BCUT2D eigenvalue weighted by atomic mass is 19.4. The molecule has 1 saturated heterocycles. The molecule has 0 radical (unpaired) electrons. The molecule has 0 bridgehead atoms. The second-order valence-electron chi connectivity index (χ2n) is 6.29. The third kappa shape index (κ3) is 3.33. The number of hydrogen-bond donors (Lipinski definition) is 1. The average Bonchev–Trinajstić information content (AvgIpc) is 3.04. The van der Waals surface area contributed by atoms with E-state index in [0.717, 1.165) is 0 Å². The van der Waals surface area contributed by atoms with Gasteiger partial charge in [-0.25, -0.2) is 9.97 Å². The monoisotopic (exact) mass is 366 g/mol. The standard InChI is InChI=1S/C17H17F3N4O2/c1-9-10(2)22-14(13-5-3-4-6-21-13)23-15(9)24-7-11(16(25)26)12(8-24)17(18,19)20/h3-6,11-12H,7-8H2,1-2H3,(H,25,26)/t11-,12-/m1/s1. The Labute approximate surface area is 147 Å². The summed E-state index contributed by atoms with van der Waals surface area (Å²) in [6.07, 6.45) is -3.01. The Morgan fingerprint density at radius 1 is 1.23 bits per heavy atom. The summed E-state index contributed by atoms with van der Waals surface area (Å²) in [5.41, 5.74) is 1.73. The van der Waals surface area contributed by atoms with Gasteiger partial charge in [-0.15, -0.1) is 0 Å². The molecular formula is C17H17F3N4O2. The van der Waals surface area contributed by atoms with E-state index in [-0.39, 0.29) is 6.54 Å². The van der Waals surface area contributed by atoms with Gasteiger partial charge in [-0.3, -0.25) is 9.78 Å². The lowest BCUT2D eigenvalue weighted by molar-refractivity contribution is -0.187. The number of rotatable bonds is 3. The molecule has 0 aliphatic carbocycles. The molecule has 1 aliphatic heterocycles. The number of aromatic nitrogens is 3. The SMILES string of the molecule is Cc1nc(-c2ccccn2)nc(N2C[C@@H](C(F)(F)F)[C@H](C(=O)O)C2)c1C. The molecule has 0 aromatic carbocycles. The predicted molar refractivity (Wildman–Crippen MR) is 87.6 cm³/mol. The Morgan fingerprint density at radius 3 is 2.50 bits per heavy atom. The van der Waals surface area contributed by atoms with Crippen molar-refractivity contribution in [2.75, 3.05) is 18.0 Å². The molecule has 26 heavy (non-hydrogen) atoms. The fourth-order valence-electron chi connectivity index (χ4n) is 3.09. The highest BCUT2D eigenvalue weighted by molar-refractivity contribution is 5.73. The summed E-state index contributed by atoms with van der Waals surface area (Å²) in [4.78, 5) is 25.6. The number of pyridine rings is 1. The van der Waals surface area contributed by atoms with E-state index in [2.05, 4.69) is 15.0 Å². The molecule has 0 spiro atoms. The van der Waals surface area contributed by atoms with Crippen LogP contribution in [0.5, 0.6) is 0 Å². The number of nitrogens with zero attached hydrogens (tertiary/aromatic N) is 4. The maximum absolute atomic E-state index is 13.3. The van der Waals surface area contributed by atoms with Crippen LogP contribution >= 0.6 is 0 Å². The molecule has 0 unspecified atom stereocenters. The van der Waals surface area contributed by atoms with Crippen molar-refractivity contribution in [2.45, 2.75) is 20.0 Å². The molecule has 1 aliphatic rings. The van der Waals surface area contributed by atoms with E-state index in [9.17, 15) is 23.1 Å². The van der Waals surface area contributed by atoms with Crippen LogP contribution in [0.3, 0.4) is 0 Å². The summed E-state index contributed by atoms with van der Waals surface area (Å²) in [6, 6.07) is 5.20. The Balaban J connectivity index is 2.01. The molecule has 3 heterocycles. The van der Waals surface area contributed by atoms with Gasteiger partial charge in [0.15, 0.2) is 5.82 Å². The number of carboxylic acids is 1. The van der Waals surface area contributed by atoms with E-state index in [0.29, 0.717) is 28.6 Å². The largest absolute Gasteiger partial charge is 0.481 e. The number of halogens is 3. The fourth-order valence-corrected chi connectivity index (χ4v) is 3.09. The van der Waals surface area contributed by atoms with Gasteiger partial charge < -0.3 is 10.0 Å². The average molecular weight is 366 g/mol. The molecule has 3 rings (SSSR count). The van der Waals surface area contributed by atoms with Crippen molar-refractivity contribution in [3.63, 3.8) is 0 Å². The molecule has 2 aromatic rings. The Hall–Kier alpha value is -2.71. The summed E-state index contributed by atoms with van der Waals surface area (Å²) in [5, 5.41) is 9.20. The first-order chi connectivity index (χ1) is 12.2. The van der Waals surface area contributed by atoms with E-state index in [1.54, 1.807) is 38.2 Å². The van der Waals surface area contributed by atoms with Crippen molar-refractivity contribution in [3.8, 4) is 11.5 Å². The van der Waals surface area contributed by atoms with Crippen LogP contribution in [0.25, 0.3) is 11.5 Å². The molecule has 6 nitrogen and oxygen atoms in total. The van der Waals surface area contributed by atoms with Crippen LogP contribution < -0.4 is 4.90 Å². The molecule has 2 atom stereocenters. The molecular weight excluding hydrogens is 349 g/mol. The zero-order valence-corrected chi connectivity index (χ0v) is 14.2. The van der Waals surface area contributed by atoms with Crippen LogP contribution in [0.15, 0.2) is 24.4 Å². The maximum Gasteiger partial charge on any atom is 0.394 e. The van der Waals surface area contributed by atoms with Crippen molar-refractivity contribution in [3.05, 3.63) is 35.7 Å². The van der Waals surface area contributed by atoms with Crippen molar-refractivity contribution in [1.82, 2.24) is 15.0 Å². The maximum atomic E-state index is 13.3. The number of carbonyl (C=O) groups is 1. The van der Waals surface area contributed by atoms with E-state index < -0.39 is 30.5 Å². The van der Waals surface area contributed by atoms with Crippen LogP contribution in [-0.2, 0) is 4.79 Å². The van der Waals surface area contributed by atoms with E-state index in [1.165, 1.54) is 4.90 Å². The minimum absolute atomic E-state index is 0.252. The third-order valence-corrected chi connectivity index (χ3v) is 4.61. The number of carboxylic acid groups (broad SMARTS) is 1. The van der Waals surface area contributed by atoms with Crippen LogP contribution in [0.1, 0.15) is 11.3 Å². The lowest BCUT2D eigenvalue weighted by Gasteiger charge is -2.21. The van der Waals surface area contributed by atoms with Gasteiger partial charge in [-0.1, -0.05) is 6.07 Å². The zero-order valence-electron chi connectivity index (χ0n) is 14.2. The van der Waals surface area contributed by atoms with E-state index in [1.807, 2.05) is 0 Å². The van der Waals surface area contributed by atoms with E-state index in [4.69, 9.17) is 0 Å². The summed E-state index contributed by atoms with van der Waals surface area (Å²) < 4.78 is 39.8. The van der Waals surface area contributed by atoms with Gasteiger partial charge in [0.25, 0.3) is 0 Å². The lowest BCUT2D eigenvalue weighted by Crippen LogP contribution is -2.33. The molecule has 0 saturated carbocycles. The first-order valence-corrected chi connectivity index (χ1v) is 7.99. The molecule has 138 valence electrons. The van der Waals surface area contributed by atoms with Crippen molar-refractivity contribution >= 4 is 11.8 Å². The Kier molecular flexibility index (Phi) is 4.55. The van der Waals surface area contributed by atoms with Crippen LogP contribution in [0.2, 0.25) is 0 Å². The summed E-state index contributed by atoms with van der Waals surface area (Å²) in [6.45, 7) is 2.75. The molecule has 0 amide bonds. The number of alkyl halides is 3. The van der Waals surface area contributed by atoms with Gasteiger partial charge in [0.1, 0.15) is 11.5 Å². The number of hydrogen-bond acceptors (Lipinski definition) is 5. The molecule has 1 N–H and O–H groups in total. The normalized spacial score (nSPS) is 20.4. The number of anilines is 1. The van der Waals surface area contributed by atoms with Gasteiger partial charge in [0.05, 0.1) is 11.8 Å². The van der Waals surface area contributed by atoms with Gasteiger partial charge in [0, 0.05) is 30.5 Å². The topological polar surface area (TPSA) is 79.2 Å². The van der Waals surface area contributed by atoms with Crippen LogP contribution in [-0.4, -0.2) is 45.3 Å². The van der Waals surface area contributed by atoms with Crippen LogP contribution in [0, 0.1) is 25.7 Å². The fraction of sp³-hybridized carbons (Fsp3) is 0.412. The smallest absolute Gasteiger partial charge is 0.394 e. The number of aliphatic carboxylic acids is 1. The second kappa shape index (κ2) is 6.54. The lowest BCUT2D eigenvalue weighted by atomic mass is 9.96. The minimum atomic E-state index is -4.59. The van der Waals surface area contributed by atoms with Gasteiger partial charge in [-0.2, -0.15) is 13.2 Å². The van der Waals surface area contributed by atoms with E-state index >= 15 is 0 Å². The van der Waals surface area contributed by atoms with Crippen LogP contribution in [0.4, 0.5) is 19.0 Å². The zero-order chi connectivity index (χ0) is 19.1. The minimum Gasteiger partial charge on any atom is -0.481 e. The summed E-state index contributed by atoms with van der Waals surface area (Å²) >= 11 is 0. The molecule has 9 heteroatoms. The first-order valence-electron chi connectivity index (χ1n) is 7.99.